The maximum absolute atomic E-state index is 12.3. The maximum atomic E-state index is 12.3. The first-order valence-corrected chi connectivity index (χ1v) is 8.44. The van der Waals surface area contributed by atoms with E-state index in [9.17, 15) is 4.79 Å². The van der Waals surface area contributed by atoms with Crippen LogP contribution in [0.1, 0.15) is 49.4 Å². The number of carbonyl (C=O) groups is 1. The van der Waals surface area contributed by atoms with Gasteiger partial charge in [0.1, 0.15) is 0 Å². The van der Waals surface area contributed by atoms with E-state index in [1.807, 2.05) is 18.2 Å². The Balaban J connectivity index is 1.96. The zero-order valence-corrected chi connectivity index (χ0v) is 14.3. The summed E-state index contributed by atoms with van der Waals surface area (Å²) in [4.78, 5) is 12.3. The predicted octanol–water partition coefficient (Wildman–Crippen LogP) is 4.91. The molecule has 19 heavy (non-hydrogen) atoms. The van der Waals surface area contributed by atoms with Gasteiger partial charge in [0, 0.05) is 15.0 Å². The molecule has 4 heteroatoms. The van der Waals surface area contributed by atoms with Crippen molar-refractivity contribution in [3.8, 4) is 0 Å². The first-order chi connectivity index (χ1) is 9.10. The Morgan fingerprint density at radius 1 is 1.26 bits per heavy atom. The predicted molar refractivity (Wildman–Crippen MR) is 85.3 cm³/mol. The van der Waals surface area contributed by atoms with E-state index in [1.54, 1.807) is 0 Å². The summed E-state index contributed by atoms with van der Waals surface area (Å²) in [6, 6.07) is 6.01. The minimum absolute atomic E-state index is 0.0214. The van der Waals surface area contributed by atoms with Gasteiger partial charge in [-0.1, -0.05) is 29.3 Å². The fourth-order valence-corrected chi connectivity index (χ4v) is 3.44. The van der Waals surface area contributed by atoms with Crippen LogP contribution in [0.15, 0.2) is 27.1 Å². The van der Waals surface area contributed by atoms with Crippen molar-refractivity contribution in [1.29, 1.82) is 0 Å². The Morgan fingerprint density at radius 3 is 2.58 bits per heavy atom. The molecule has 1 aromatic carbocycles. The summed E-state index contributed by atoms with van der Waals surface area (Å²) >= 11 is 6.84. The Labute approximate surface area is 131 Å². The van der Waals surface area contributed by atoms with Crippen LogP contribution in [0, 0.1) is 5.92 Å². The van der Waals surface area contributed by atoms with Crippen LogP contribution in [-0.4, -0.2) is 11.9 Å². The molecule has 0 bridgehead atoms. The zero-order chi connectivity index (χ0) is 13.8. The van der Waals surface area contributed by atoms with Gasteiger partial charge in [-0.05, 0) is 65.7 Å². The van der Waals surface area contributed by atoms with Crippen LogP contribution >= 0.6 is 31.9 Å². The number of nitrogens with one attached hydrogen (secondary N) is 1. The molecule has 1 aliphatic carbocycles. The molecule has 0 aliphatic heterocycles. The highest BCUT2D eigenvalue weighted by molar-refractivity contribution is 9.11. The second kappa shape index (κ2) is 6.89. The maximum Gasteiger partial charge on any atom is 0.252 e. The lowest BCUT2D eigenvalue weighted by molar-refractivity contribution is 0.0921. The van der Waals surface area contributed by atoms with Gasteiger partial charge in [0.15, 0.2) is 0 Å². The first-order valence-electron chi connectivity index (χ1n) is 6.86. The van der Waals surface area contributed by atoms with Crippen molar-refractivity contribution in [2.45, 2.75) is 45.1 Å². The number of hydrogen-bond donors (Lipinski definition) is 1. The molecule has 2 rings (SSSR count). The molecule has 1 amide bonds. The number of amides is 1. The third-order valence-corrected chi connectivity index (χ3v) is 5.12. The molecule has 0 aromatic heterocycles. The van der Waals surface area contributed by atoms with Gasteiger partial charge in [0.25, 0.3) is 5.91 Å². The van der Waals surface area contributed by atoms with Gasteiger partial charge in [-0.25, -0.2) is 0 Å². The molecule has 1 saturated carbocycles. The van der Waals surface area contributed by atoms with E-state index in [2.05, 4.69) is 44.1 Å². The topological polar surface area (TPSA) is 29.1 Å². The molecule has 104 valence electrons. The quantitative estimate of drug-likeness (QED) is 0.782. The summed E-state index contributed by atoms with van der Waals surface area (Å²) in [5.74, 6) is 0.874. The summed E-state index contributed by atoms with van der Waals surface area (Å²) in [6.45, 7) is 2.25. The van der Waals surface area contributed by atoms with Gasteiger partial charge in [-0.15, -0.1) is 0 Å². The van der Waals surface area contributed by atoms with Crippen molar-refractivity contribution in [3.63, 3.8) is 0 Å². The van der Waals surface area contributed by atoms with Crippen molar-refractivity contribution < 1.29 is 4.79 Å². The third-order valence-electron chi connectivity index (χ3n) is 3.93. The van der Waals surface area contributed by atoms with E-state index in [0.717, 1.165) is 27.7 Å². The molecule has 1 N–H and O–H groups in total. The smallest absolute Gasteiger partial charge is 0.252 e. The van der Waals surface area contributed by atoms with Gasteiger partial charge in [0.2, 0.25) is 0 Å². The fraction of sp³-hybridized carbons (Fsp3) is 0.533. The summed E-state index contributed by atoms with van der Waals surface area (Å²) in [5.41, 5.74) is 0.701. The van der Waals surface area contributed by atoms with Gasteiger partial charge < -0.3 is 5.32 Å². The SMILES string of the molecule is CCC1CCC(NC(=O)c2cc(Br)ccc2Br)CC1. The highest BCUT2D eigenvalue weighted by Crippen LogP contribution is 2.27. The molecule has 0 atom stereocenters. The minimum atomic E-state index is 0.0214. The fourth-order valence-electron chi connectivity index (χ4n) is 2.65. The first kappa shape index (κ1) is 15.0. The average molecular weight is 389 g/mol. The van der Waals surface area contributed by atoms with Crippen LogP contribution in [0.4, 0.5) is 0 Å². The van der Waals surface area contributed by atoms with Crippen LogP contribution in [0.3, 0.4) is 0 Å². The largest absolute Gasteiger partial charge is 0.349 e. The molecular formula is C15H19Br2NO. The van der Waals surface area contributed by atoms with E-state index in [1.165, 1.54) is 19.3 Å². The second-order valence-electron chi connectivity index (χ2n) is 5.22. The number of hydrogen-bond acceptors (Lipinski definition) is 1. The summed E-state index contributed by atoms with van der Waals surface area (Å²) < 4.78 is 1.77. The van der Waals surface area contributed by atoms with E-state index in [4.69, 9.17) is 0 Å². The second-order valence-corrected chi connectivity index (χ2v) is 6.99. The number of rotatable bonds is 3. The Kier molecular flexibility index (Phi) is 5.46. The van der Waals surface area contributed by atoms with E-state index in [0.29, 0.717) is 11.6 Å². The molecular weight excluding hydrogens is 370 g/mol. The van der Waals surface area contributed by atoms with Crippen molar-refractivity contribution in [1.82, 2.24) is 5.32 Å². The molecule has 0 spiro atoms. The Hall–Kier alpha value is -0.350. The van der Waals surface area contributed by atoms with Gasteiger partial charge in [-0.2, -0.15) is 0 Å². The highest BCUT2D eigenvalue weighted by atomic mass is 79.9. The van der Waals surface area contributed by atoms with Crippen molar-refractivity contribution >= 4 is 37.8 Å². The summed E-state index contributed by atoms with van der Waals surface area (Å²) in [7, 11) is 0. The van der Waals surface area contributed by atoms with Crippen LogP contribution in [-0.2, 0) is 0 Å². The number of benzene rings is 1. The van der Waals surface area contributed by atoms with Crippen molar-refractivity contribution in [3.05, 3.63) is 32.7 Å². The van der Waals surface area contributed by atoms with Crippen molar-refractivity contribution in [2.24, 2.45) is 5.92 Å². The van der Waals surface area contributed by atoms with Crippen LogP contribution in [0.5, 0.6) is 0 Å². The van der Waals surface area contributed by atoms with Crippen LogP contribution in [0.25, 0.3) is 0 Å². The molecule has 0 saturated heterocycles. The lowest BCUT2D eigenvalue weighted by Crippen LogP contribution is -2.37. The molecule has 1 aromatic rings. The molecule has 0 unspecified atom stereocenters. The molecule has 0 radical (unpaired) electrons. The van der Waals surface area contributed by atoms with E-state index < -0.39 is 0 Å². The van der Waals surface area contributed by atoms with Gasteiger partial charge in [0.05, 0.1) is 5.56 Å². The van der Waals surface area contributed by atoms with Crippen LogP contribution in [0.2, 0.25) is 0 Å². The Morgan fingerprint density at radius 2 is 1.95 bits per heavy atom. The zero-order valence-electron chi connectivity index (χ0n) is 11.1. The van der Waals surface area contributed by atoms with Gasteiger partial charge in [-0.3, -0.25) is 4.79 Å². The molecule has 0 heterocycles. The third kappa shape index (κ3) is 4.06. The Bertz CT molecular complexity index is 453. The van der Waals surface area contributed by atoms with Crippen LogP contribution < -0.4 is 5.32 Å². The lowest BCUT2D eigenvalue weighted by Gasteiger charge is -2.28. The molecule has 2 nitrogen and oxygen atoms in total. The highest BCUT2D eigenvalue weighted by Gasteiger charge is 2.22. The normalized spacial score (nSPS) is 23.1. The molecule has 1 aliphatic rings. The summed E-state index contributed by atoms with van der Waals surface area (Å²) in [5, 5.41) is 3.16. The average Bonchev–Trinajstić information content (AvgIpc) is 2.42. The number of halogens is 2. The minimum Gasteiger partial charge on any atom is -0.349 e. The van der Waals surface area contributed by atoms with Gasteiger partial charge >= 0.3 is 0 Å². The lowest BCUT2D eigenvalue weighted by atomic mass is 9.84. The van der Waals surface area contributed by atoms with E-state index in [-0.39, 0.29) is 5.91 Å². The standard InChI is InChI=1S/C15H19Br2NO/c1-2-10-3-6-12(7-4-10)18-15(19)13-9-11(16)5-8-14(13)17/h5,8-10,12H,2-4,6-7H2,1H3,(H,18,19). The molecule has 1 fully saturated rings. The summed E-state index contributed by atoms with van der Waals surface area (Å²) in [6.07, 6.45) is 5.95. The number of carbonyl (C=O) groups excluding carboxylic acids is 1. The van der Waals surface area contributed by atoms with Crippen molar-refractivity contribution in [2.75, 3.05) is 0 Å². The van der Waals surface area contributed by atoms with E-state index >= 15 is 0 Å². The monoisotopic (exact) mass is 387 g/mol.